The summed E-state index contributed by atoms with van der Waals surface area (Å²) in [6, 6.07) is 8.67. The van der Waals surface area contributed by atoms with Gasteiger partial charge in [0.1, 0.15) is 10.7 Å². The van der Waals surface area contributed by atoms with Gasteiger partial charge in [0.15, 0.2) is 11.5 Å². The molecule has 3 rings (SSSR count). The molecule has 2 aromatic carbocycles. The lowest BCUT2D eigenvalue weighted by Crippen LogP contribution is -2.16. The van der Waals surface area contributed by atoms with Gasteiger partial charge in [-0.3, -0.25) is 4.72 Å². The minimum atomic E-state index is -4.24. The van der Waals surface area contributed by atoms with Crippen LogP contribution in [0, 0.1) is 5.82 Å². The molecule has 0 radical (unpaired) electrons. The van der Waals surface area contributed by atoms with Crippen molar-refractivity contribution < 1.29 is 22.3 Å². The first kappa shape index (κ1) is 19.2. The highest BCUT2D eigenvalue weighted by Crippen LogP contribution is 2.33. The summed E-state index contributed by atoms with van der Waals surface area (Å²) in [4.78, 5) is -0.559. The quantitative estimate of drug-likeness (QED) is 0.613. The highest BCUT2D eigenvalue weighted by atomic mass is 79.9. The van der Waals surface area contributed by atoms with Crippen molar-refractivity contribution in [2.75, 3.05) is 18.9 Å². The lowest BCUT2D eigenvalue weighted by atomic mass is 10.3. The fraction of sp³-hybridized carbons (Fsp3) is 0.118. The molecule has 0 atom stereocenters. The van der Waals surface area contributed by atoms with E-state index in [1.165, 1.54) is 18.9 Å². The zero-order valence-electron chi connectivity index (χ0n) is 14.3. The molecule has 0 bridgehead atoms. The highest BCUT2D eigenvalue weighted by Gasteiger charge is 2.24. The minimum absolute atomic E-state index is 0.0933. The van der Waals surface area contributed by atoms with E-state index in [2.05, 4.69) is 25.8 Å². The normalized spacial score (nSPS) is 11.3. The van der Waals surface area contributed by atoms with Crippen molar-refractivity contribution in [2.45, 2.75) is 4.90 Å². The van der Waals surface area contributed by atoms with Crippen molar-refractivity contribution in [1.82, 2.24) is 9.78 Å². The Morgan fingerprint density at radius 3 is 2.44 bits per heavy atom. The van der Waals surface area contributed by atoms with Crippen LogP contribution in [0.4, 0.5) is 10.1 Å². The fourth-order valence-electron chi connectivity index (χ4n) is 2.43. The number of hydrogen-bond acceptors (Lipinski definition) is 5. The number of ether oxygens (including phenoxy) is 2. The van der Waals surface area contributed by atoms with E-state index >= 15 is 0 Å². The van der Waals surface area contributed by atoms with Crippen LogP contribution < -0.4 is 14.2 Å². The topological polar surface area (TPSA) is 82.5 Å². The van der Waals surface area contributed by atoms with E-state index in [0.29, 0.717) is 5.69 Å². The number of hydrogen-bond donors (Lipinski definition) is 1. The third-order valence-corrected chi connectivity index (χ3v) is 5.46. The molecule has 142 valence electrons. The third-order valence-electron chi connectivity index (χ3n) is 3.67. The smallest absolute Gasteiger partial charge is 0.265 e. The lowest BCUT2D eigenvalue weighted by Gasteiger charge is -2.15. The molecule has 0 fully saturated rings. The second kappa shape index (κ2) is 7.57. The van der Waals surface area contributed by atoms with Crippen LogP contribution in [-0.2, 0) is 10.0 Å². The van der Waals surface area contributed by atoms with Gasteiger partial charge in [0.2, 0.25) is 0 Å². The first-order valence-electron chi connectivity index (χ1n) is 7.59. The highest BCUT2D eigenvalue weighted by molar-refractivity contribution is 9.10. The Morgan fingerprint density at radius 2 is 1.81 bits per heavy atom. The van der Waals surface area contributed by atoms with Gasteiger partial charge >= 0.3 is 0 Å². The van der Waals surface area contributed by atoms with Gasteiger partial charge in [-0.15, -0.1) is 0 Å². The predicted octanol–water partition coefficient (Wildman–Crippen LogP) is 3.59. The average Bonchev–Trinajstić information content (AvgIpc) is 3.07. The molecular formula is C17H15BrFN3O4S. The van der Waals surface area contributed by atoms with E-state index in [1.807, 2.05) is 0 Å². The number of aromatic nitrogens is 2. The second-order valence-corrected chi connectivity index (χ2v) is 7.93. The summed E-state index contributed by atoms with van der Waals surface area (Å²) in [6.07, 6.45) is 3.24. The second-order valence-electron chi connectivity index (χ2n) is 5.36. The number of sulfonamides is 1. The number of nitrogens with zero attached hydrogens (tertiary/aromatic N) is 2. The molecule has 0 spiro atoms. The van der Waals surface area contributed by atoms with Crippen LogP contribution in [0.1, 0.15) is 0 Å². The molecule has 0 aliphatic rings. The van der Waals surface area contributed by atoms with Gasteiger partial charge < -0.3 is 9.47 Å². The Kier molecular flexibility index (Phi) is 5.38. The van der Waals surface area contributed by atoms with Crippen molar-refractivity contribution in [3.63, 3.8) is 0 Å². The van der Waals surface area contributed by atoms with E-state index in [0.717, 1.165) is 16.6 Å². The van der Waals surface area contributed by atoms with E-state index in [4.69, 9.17) is 9.47 Å². The van der Waals surface area contributed by atoms with Gasteiger partial charge in [-0.2, -0.15) is 5.10 Å². The Bertz CT molecular complexity index is 1090. The molecule has 1 N–H and O–H groups in total. The van der Waals surface area contributed by atoms with Gasteiger partial charge in [-0.1, -0.05) is 12.1 Å². The van der Waals surface area contributed by atoms with E-state index in [-0.39, 0.29) is 17.2 Å². The van der Waals surface area contributed by atoms with Gasteiger partial charge in [0.25, 0.3) is 10.0 Å². The Balaban J connectivity index is 2.04. The zero-order valence-corrected chi connectivity index (χ0v) is 16.7. The van der Waals surface area contributed by atoms with Gasteiger partial charge in [-0.05, 0) is 28.1 Å². The number of halogens is 2. The van der Waals surface area contributed by atoms with E-state index < -0.39 is 20.7 Å². The number of rotatable bonds is 6. The SMILES string of the molecule is COc1cc(F)c(S(=O)(=O)Nc2ccccc2-n2cc(Br)cn2)cc1OC. The van der Waals surface area contributed by atoms with Gasteiger partial charge in [-0.25, -0.2) is 17.5 Å². The zero-order chi connectivity index (χ0) is 19.6. The van der Waals surface area contributed by atoms with E-state index in [9.17, 15) is 12.8 Å². The Morgan fingerprint density at radius 1 is 1.15 bits per heavy atom. The summed E-state index contributed by atoms with van der Waals surface area (Å²) in [5.41, 5.74) is 0.718. The summed E-state index contributed by atoms with van der Waals surface area (Å²) in [5.74, 6) is -0.765. The van der Waals surface area contributed by atoms with E-state index in [1.54, 1.807) is 36.7 Å². The first-order valence-corrected chi connectivity index (χ1v) is 9.87. The van der Waals surface area contributed by atoms with Gasteiger partial charge in [0, 0.05) is 18.3 Å². The van der Waals surface area contributed by atoms with Crippen molar-refractivity contribution in [1.29, 1.82) is 0 Å². The summed E-state index contributed by atoms with van der Waals surface area (Å²) < 4.78 is 54.7. The van der Waals surface area contributed by atoms with Crippen molar-refractivity contribution >= 4 is 31.6 Å². The molecule has 1 heterocycles. The monoisotopic (exact) mass is 455 g/mol. The van der Waals surface area contributed by atoms with Crippen molar-refractivity contribution in [3.8, 4) is 17.2 Å². The molecule has 0 unspecified atom stereocenters. The molecule has 0 aliphatic carbocycles. The molecule has 27 heavy (non-hydrogen) atoms. The standard InChI is InChI=1S/C17H15BrFN3O4S/c1-25-15-7-12(19)17(8-16(15)26-2)27(23,24)21-13-5-3-4-6-14(13)22-10-11(18)9-20-22/h3-10,21H,1-2H3. The number of methoxy groups -OCH3 is 2. The Labute approximate surface area is 163 Å². The van der Waals surface area contributed by atoms with Crippen LogP contribution in [0.25, 0.3) is 5.69 Å². The molecule has 3 aromatic rings. The molecule has 7 nitrogen and oxygen atoms in total. The van der Waals surface area contributed by atoms with Crippen LogP contribution in [-0.4, -0.2) is 32.4 Å². The van der Waals surface area contributed by atoms with Crippen LogP contribution in [0.15, 0.2) is 58.2 Å². The molecule has 0 saturated carbocycles. The summed E-state index contributed by atoms with van der Waals surface area (Å²) in [5, 5.41) is 4.14. The average molecular weight is 456 g/mol. The van der Waals surface area contributed by atoms with Crippen LogP contribution in [0.2, 0.25) is 0 Å². The molecule has 0 aliphatic heterocycles. The molecule has 10 heteroatoms. The first-order chi connectivity index (χ1) is 12.9. The lowest BCUT2D eigenvalue weighted by molar-refractivity contribution is 0.350. The molecule has 1 aromatic heterocycles. The van der Waals surface area contributed by atoms with Gasteiger partial charge in [0.05, 0.1) is 36.3 Å². The maximum atomic E-state index is 14.4. The molecular weight excluding hydrogens is 441 g/mol. The predicted molar refractivity (Wildman–Crippen MR) is 102 cm³/mol. The maximum Gasteiger partial charge on any atom is 0.265 e. The largest absolute Gasteiger partial charge is 0.493 e. The minimum Gasteiger partial charge on any atom is -0.493 e. The maximum absolute atomic E-state index is 14.4. The fourth-order valence-corrected chi connectivity index (χ4v) is 3.87. The summed E-state index contributed by atoms with van der Waals surface area (Å²) in [6.45, 7) is 0. The van der Waals surface area contributed by atoms with Crippen molar-refractivity contribution in [2.24, 2.45) is 0 Å². The number of benzene rings is 2. The van der Waals surface area contributed by atoms with Crippen LogP contribution >= 0.6 is 15.9 Å². The van der Waals surface area contributed by atoms with Crippen LogP contribution in [0.5, 0.6) is 11.5 Å². The molecule has 0 amide bonds. The number of para-hydroxylation sites is 2. The summed E-state index contributed by atoms with van der Waals surface area (Å²) in [7, 11) is -1.57. The molecule has 0 saturated heterocycles. The van der Waals surface area contributed by atoms with Crippen LogP contribution in [0.3, 0.4) is 0 Å². The summed E-state index contributed by atoms with van der Waals surface area (Å²) >= 11 is 3.29. The number of anilines is 1. The third kappa shape index (κ3) is 3.91. The van der Waals surface area contributed by atoms with Crippen molar-refractivity contribution in [3.05, 3.63) is 59.1 Å². The number of nitrogens with one attached hydrogen (secondary N) is 1. The Hall–Kier alpha value is -2.59.